The van der Waals surface area contributed by atoms with E-state index in [1.54, 1.807) is 18.2 Å². The molecule has 0 spiro atoms. The molecule has 5 rings (SSSR count). The number of hydrogen-bond donors (Lipinski definition) is 2. The monoisotopic (exact) mass is 572 g/mol. The van der Waals surface area contributed by atoms with Gasteiger partial charge in [-0.2, -0.15) is 4.31 Å². The molecule has 2 aromatic heterocycles. The van der Waals surface area contributed by atoms with Crippen molar-refractivity contribution >= 4 is 68.1 Å². The van der Waals surface area contributed by atoms with Crippen LogP contribution < -0.4 is 5.73 Å². The third-order valence-corrected chi connectivity index (χ3v) is 9.52. The number of likely N-dealkylation sites (N-methyl/N-ethyl adjacent to an activating group) is 1. The fourth-order valence-electron chi connectivity index (χ4n) is 4.61. The highest BCUT2D eigenvalue weighted by atomic mass is 35.5. The first-order chi connectivity index (χ1) is 16.6. The molecule has 2 aliphatic heterocycles. The molecule has 3 N–H and O–H groups in total. The minimum Gasteiger partial charge on any atom is -0.370 e. The number of carbonyl (C=O) groups excluding carboxylic acids is 2. The van der Waals surface area contributed by atoms with E-state index in [0.717, 1.165) is 30.1 Å². The van der Waals surface area contributed by atoms with Crippen LogP contribution in [0.5, 0.6) is 0 Å². The first-order valence-electron chi connectivity index (χ1n) is 11.2. The molecule has 1 unspecified atom stereocenters. The number of nitrogens with one attached hydrogen (secondary N) is 1. The zero-order chi connectivity index (χ0) is 24.9. The Morgan fingerprint density at radius 1 is 1.25 bits per heavy atom. The van der Waals surface area contributed by atoms with E-state index in [4.69, 9.17) is 17.3 Å². The van der Waals surface area contributed by atoms with Gasteiger partial charge in [-0.05, 0) is 31.3 Å². The largest absolute Gasteiger partial charge is 0.370 e. The Labute approximate surface area is 223 Å². The number of amides is 2. The molecule has 2 amide bonds. The molecule has 4 heterocycles. The fourth-order valence-corrected chi connectivity index (χ4v) is 7.42. The van der Waals surface area contributed by atoms with E-state index in [0.29, 0.717) is 20.9 Å². The molecule has 1 saturated heterocycles. The summed E-state index contributed by atoms with van der Waals surface area (Å²) >= 11 is 7.39. The van der Waals surface area contributed by atoms with Gasteiger partial charge in [0.05, 0.1) is 11.7 Å². The molecule has 1 atom stereocenters. The highest BCUT2D eigenvalue weighted by Gasteiger charge is 2.39. The number of sulfonamides is 1. The predicted octanol–water partition coefficient (Wildman–Crippen LogP) is 2.08. The third kappa shape index (κ3) is 5.11. The van der Waals surface area contributed by atoms with E-state index >= 15 is 0 Å². The normalized spacial score (nSPS) is 19.2. The van der Waals surface area contributed by atoms with Crippen molar-refractivity contribution in [1.82, 2.24) is 24.1 Å². The van der Waals surface area contributed by atoms with Crippen molar-refractivity contribution in [1.29, 1.82) is 0 Å². The Morgan fingerprint density at radius 2 is 2.03 bits per heavy atom. The molecule has 3 aromatic rings. The molecule has 10 nitrogen and oxygen atoms in total. The van der Waals surface area contributed by atoms with Crippen LogP contribution in [0.25, 0.3) is 10.9 Å². The summed E-state index contributed by atoms with van der Waals surface area (Å²) in [6.07, 6.45) is 0.635. The van der Waals surface area contributed by atoms with Crippen LogP contribution >= 0.6 is 35.3 Å². The van der Waals surface area contributed by atoms with Gasteiger partial charge in [0, 0.05) is 66.4 Å². The molecule has 14 heteroatoms. The quantitative estimate of drug-likeness (QED) is 0.481. The van der Waals surface area contributed by atoms with Crippen LogP contribution in [0, 0.1) is 0 Å². The van der Waals surface area contributed by atoms with Gasteiger partial charge in [0.25, 0.3) is 15.9 Å². The molecule has 0 aliphatic carbocycles. The van der Waals surface area contributed by atoms with E-state index in [1.807, 2.05) is 7.05 Å². The highest BCUT2D eigenvalue weighted by molar-refractivity contribution is 7.89. The van der Waals surface area contributed by atoms with Crippen molar-refractivity contribution in [2.24, 2.45) is 5.73 Å². The maximum Gasteiger partial charge on any atom is 0.283 e. The summed E-state index contributed by atoms with van der Waals surface area (Å²) in [4.78, 5) is 37.5. The molecule has 0 saturated carbocycles. The summed E-state index contributed by atoms with van der Waals surface area (Å²) < 4.78 is 28.1. The van der Waals surface area contributed by atoms with Crippen LogP contribution in [0.3, 0.4) is 0 Å². The van der Waals surface area contributed by atoms with E-state index in [9.17, 15) is 18.0 Å². The second-order valence-corrected chi connectivity index (χ2v) is 12.4. The summed E-state index contributed by atoms with van der Waals surface area (Å²) in [6, 6.07) is 5.93. The van der Waals surface area contributed by atoms with Gasteiger partial charge < -0.3 is 20.5 Å². The maximum absolute atomic E-state index is 13.4. The van der Waals surface area contributed by atoms with Gasteiger partial charge in [0.15, 0.2) is 5.01 Å². The number of H-pyrrole nitrogens is 1. The Kier molecular flexibility index (Phi) is 7.65. The number of fused-ring (bicyclic) bond motifs is 2. The maximum atomic E-state index is 13.4. The lowest BCUT2D eigenvalue weighted by Crippen LogP contribution is -2.57. The second-order valence-electron chi connectivity index (χ2n) is 8.93. The van der Waals surface area contributed by atoms with Gasteiger partial charge in [-0.1, -0.05) is 11.6 Å². The summed E-state index contributed by atoms with van der Waals surface area (Å²) in [5.74, 6) is -0.900. The number of aromatic amines is 1. The van der Waals surface area contributed by atoms with E-state index in [1.165, 1.54) is 26.6 Å². The SMILES string of the molecule is CN1CCc2nc(C(=O)N3CCN(S(=O)(=O)c4cc5cc(Cl)ccc5[nH]4)CC3CC(N)=O)sc2C1.Cl. The van der Waals surface area contributed by atoms with Crippen LogP contribution in [-0.4, -0.2) is 83.6 Å². The fraction of sp³-hybridized carbons (Fsp3) is 0.409. The number of nitrogens with zero attached hydrogens (tertiary/aromatic N) is 4. The Bertz CT molecular complexity index is 1420. The first-order valence-corrected chi connectivity index (χ1v) is 13.8. The van der Waals surface area contributed by atoms with Gasteiger partial charge in [-0.3, -0.25) is 9.59 Å². The molecule has 1 aromatic carbocycles. The van der Waals surface area contributed by atoms with Crippen LogP contribution in [0.4, 0.5) is 0 Å². The number of nitrogens with two attached hydrogens (primary N) is 1. The number of halogens is 2. The van der Waals surface area contributed by atoms with Crippen LogP contribution in [0.15, 0.2) is 29.3 Å². The van der Waals surface area contributed by atoms with Gasteiger partial charge >= 0.3 is 0 Å². The van der Waals surface area contributed by atoms with E-state index < -0.39 is 22.0 Å². The third-order valence-electron chi connectivity index (χ3n) is 6.42. The van der Waals surface area contributed by atoms with E-state index in [2.05, 4.69) is 14.9 Å². The minimum absolute atomic E-state index is 0. The molecule has 0 bridgehead atoms. The smallest absolute Gasteiger partial charge is 0.283 e. The molecule has 36 heavy (non-hydrogen) atoms. The molecular formula is C22H26Cl2N6O4S2. The Morgan fingerprint density at radius 3 is 2.78 bits per heavy atom. The van der Waals surface area contributed by atoms with Gasteiger partial charge in [0.1, 0.15) is 5.03 Å². The number of rotatable bonds is 5. The average Bonchev–Trinajstić information content (AvgIpc) is 3.42. The number of thiazole rings is 1. The van der Waals surface area contributed by atoms with Gasteiger partial charge in [-0.15, -0.1) is 23.7 Å². The first kappa shape index (κ1) is 26.8. The summed E-state index contributed by atoms with van der Waals surface area (Å²) in [6.45, 7) is 1.80. The average molecular weight is 574 g/mol. The second kappa shape index (κ2) is 10.3. The van der Waals surface area contributed by atoms with Gasteiger partial charge in [-0.25, -0.2) is 13.4 Å². The highest BCUT2D eigenvalue weighted by Crippen LogP contribution is 2.29. The van der Waals surface area contributed by atoms with Crippen LogP contribution in [0.2, 0.25) is 5.02 Å². The lowest BCUT2D eigenvalue weighted by Gasteiger charge is -2.39. The Balaban J connectivity index is 0.00000304. The van der Waals surface area contributed by atoms with E-state index in [-0.39, 0.29) is 49.4 Å². The van der Waals surface area contributed by atoms with Crippen molar-refractivity contribution in [3.63, 3.8) is 0 Å². The lowest BCUT2D eigenvalue weighted by molar-refractivity contribution is -0.119. The standard InChI is InChI=1S/C22H25ClN6O4S2.ClH/c1-27-5-4-17-18(12-27)34-21(26-17)22(31)29-7-6-28(11-15(29)10-19(24)30)35(32,33)20-9-13-8-14(23)2-3-16(13)25-20;/h2-3,8-9,15,25H,4-7,10-12H2,1H3,(H2,24,30);1H. The van der Waals surface area contributed by atoms with Gasteiger partial charge in [0.2, 0.25) is 5.91 Å². The zero-order valence-electron chi connectivity index (χ0n) is 19.4. The van der Waals surface area contributed by atoms with Crippen LogP contribution in [-0.2, 0) is 27.8 Å². The molecule has 194 valence electrons. The predicted molar refractivity (Wildman–Crippen MR) is 140 cm³/mol. The minimum atomic E-state index is -3.90. The number of benzene rings is 1. The Hall–Kier alpha value is -2.22. The summed E-state index contributed by atoms with van der Waals surface area (Å²) in [7, 11) is -1.88. The number of primary amides is 1. The molecule has 0 radical (unpaired) electrons. The number of carbonyl (C=O) groups is 2. The number of piperazine rings is 1. The van der Waals surface area contributed by atoms with Crippen molar-refractivity contribution in [2.75, 3.05) is 33.2 Å². The van der Waals surface area contributed by atoms with Crippen LogP contribution in [0.1, 0.15) is 26.8 Å². The van der Waals surface area contributed by atoms with Crippen molar-refractivity contribution in [2.45, 2.75) is 30.5 Å². The summed E-state index contributed by atoms with van der Waals surface area (Å²) in [5.41, 5.74) is 7.05. The van der Waals surface area contributed by atoms with Crippen molar-refractivity contribution in [3.8, 4) is 0 Å². The lowest BCUT2D eigenvalue weighted by atomic mass is 10.1. The topological polar surface area (TPSA) is 133 Å². The number of aromatic nitrogens is 2. The molecule has 2 aliphatic rings. The summed E-state index contributed by atoms with van der Waals surface area (Å²) in [5, 5.41) is 1.58. The zero-order valence-corrected chi connectivity index (χ0v) is 22.6. The molecular weight excluding hydrogens is 547 g/mol. The van der Waals surface area contributed by atoms with Crippen molar-refractivity contribution in [3.05, 3.63) is 44.9 Å². The number of hydrogen-bond acceptors (Lipinski definition) is 7. The molecule has 1 fully saturated rings. The van der Waals surface area contributed by atoms with Crippen molar-refractivity contribution < 1.29 is 18.0 Å².